The molecule has 1 N–H and O–H groups in total. The molecule has 62 valence electrons. The summed E-state index contributed by atoms with van der Waals surface area (Å²) in [4.78, 5) is 12.7. The van der Waals surface area contributed by atoms with Gasteiger partial charge in [0, 0.05) is 18.2 Å². The lowest BCUT2D eigenvalue weighted by Gasteiger charge is -2.26. The quantitative estimate of drug-likeness (QED) is 0.606. The molecule has 1 heterocycles. The van der Waals surface area contributed by atoms with Gasteiger partial charge in [0.05, 0.1) is 0 Å². The van der Waals surface area contributed by atoms with Gasteiger partial charge in [-0.25, -0.2) is 4.79 Å². The van der Waals surface area contributed by atoms with E-state index in [0.29, 0.717) is 12.0 Å². The molecule has 1 atom stereocenters. The van der Waals surface area contributed by atoms with Gasteiger partial charge in [-0.05, 0) is 20.4 Å². The zero-order chi connectivity index (χ0) is 8.43. The van der Waals surface area contributed by atoms with Crippen molar-refractivity contribution in [1.82, 2.24) is 4.90 Å². The minimum Gasteiger partial charge on any atom is -0.478 e. The molecule has 1 unspecified atom stereocenters. The third-order valence-corrected chi connectivity index (χ3v) is 2.15. The predicted octanol–water partition coefficient (Wildman–Crippen LogP) is 0.721. The summed E-state index contributed by atoms with van der Waals surface area (Å²) >= 11 is 0. The Morgan fingerprint density at radius 2 is 2.45 bits per heavy atom. The van der Waals surface area contributed by atoms with Crippen LogP contribution in [0.4, 0.5) is 0 Å². The van der Waals surface area contributed by atoms with Crippen molar-refractivity contribution in [3.05, 3.63) is 11.6 Å². The van der Waals surface area contributed by atoms with Crippen LogP contribution in [0.5, 0.6) is 0 Å². The van der Waals surface area contributed by atoms with Gasteiger partial charge < -0.3 is 5.11 Å². The number of carboxylic acid groups (broad SMARTS) is 1. The maximum atomic E-state index is 10.5. The van der Waals surface area contributed by atoms with Crippen molar-refractivity contribution in [2.75, 3.05) is 13.6 Å². The van der Waals surface area contributed by atoms with Crippen LogP contribution in [-0.4, -0.2) is 35.6 Å². The molecular formula is C8H13NO2. The minimum absolute atomic E-state index is 0.259. The molecule has 0 radical (unpaired) electrons. The smallest absolute Gasteiger partial charge is 0.331 e. The van der Waals surface area contributed by atoms with Gasteiger partial charge in [0.1, 0.15) is 0 Å². The number of rotatable bonds is 1. The molecule has 0 spiro atoms. The zero-order valence-electron chi connectivity index (χ0n) is 6.87. The summed E-state index contributed by atoms with van der Waals surface area (Å²) in [6.45, 7) is 2.85. The Morgan fingerprint density at radius 1 is 1.82 bits per heavy atom. The Kier molecular flexibility index (Phi) is 2.29. The zero-order valence-corrected chi connectivity index (χ0v) is 6.87. The van der Waals surface area contributed by atoms with Crippen molar-refractivity contribution >= 4 is 5.97 Å². The predicted molar refractivity (Wildman–Crippen MR) is 42.4 cm³/mol. The van der Waals surface area contributed by atoms with Gasteiger partial charge in [-0.15, -0.1) is 0 Å². The lowest BCUT2D eigenvalue weighted by Crippen LogP contribution is -2.33. The average molecular weight is 155 g/mol. The number of carboxylic acids is 1. The number of hydrogen-bond acceptors (Lipinski definition) is 2. The number of likely N-dealkylation sites (N-methyl/N-ethyl adjacent to an activating group) is 1. The van der Waals surface area contributed by atoms with E-state index in [0.717, 1.165) is 6.54 Å². The van der Waals surface area contributed by atoms with Crippen LogP contribution in [0.1, 0.15) is 13.3 Å². The first-order valence-corrected chi connectivity index (χ1v) is 3.75. The van der Waals surface area contributed by atoms with E-state index in [4.69, 9.17) is 5.11 Å². The van der Waals surface area contributed by atoms with Crippen molar-refractivity contribution in [2.24, 2.45) is 0 Å². The SMILES string of the molecule is CC1C=C(C(=O)O)CCN1C. The van der Waals surface area contributed by atoms with Crippen LogP contribution in [0, 0.1) is 0 Å². The average Bonchev–Trinajstić information content (AvgIpc) is 1.94. The summed E-state index contributed by atoms with van der Waals surface area (Å²) in [5.41, 5.74) is 0.551. The highest BCUT2D eigenvalue weighted by Gasteiger charge is 2.17. The fourth-order valence-electron chi connectivity index (χ4n) is 1.18. The van der Waals surface area contributed by atoms with Gasteiger partial charge in [0.2, 0.25) is 0 Å². The molecule has 0 saturated carbocycles. The van der Waals surface area contributed by atoms with E-state index in [1.807, 2.05) is 20.0 Å². The second-order valence-electron chi connectivity index (χ2n) is 2.97. The third kappa shape index (κ3) is 1.80. The fraction of sp³-hybridized carbons (Fsp3) is 0.625. The highest BCUT2D eigenvalue weighted by Crippen LogP contribution is 2.13. The molecule has 1 aliphatic rings. The highest BCUT2D eigenvalue weighted by molar-refractivity contribution is 5.86. The van der Waals surface area contributed by atoms with Gasteiger partial charge in [-0.3, -0.25) is 4.90 Å². The Hall–Kier alpha value is -0.830. The number of nitrogens with zero attached hydrogens (tertiary/aromatic N) is 1. The molecule has 1 aliphatic heterocycles. The molecule has 0 aromatic heterocycles. The number of aliphatic carboxylic acids is 1. The van der Waals surface area contributed by atoms with E-state index in [2.05, 4.69) is 4.90 Å². The second-order valence-corrected chi connectivity index (χ2v) is 2.97. The van der Waals surface area contributed by atoms with Crippen LogP contribution in [0.15, 0.2) is 11.6 Å². The van der Waals surface area contributed by atoms with Gasteiger partial charge in [-0.2, -0.15) is 0 Å². The summed E-state index contributed by atoms with van der Waals surface area (Å²) in [5.74, 6) is -0.773. The molecule has 11 heavy (non-hydrogen) atoms. The van der Waals surface area contributed by atoms with E-state index in [9.17, 15) is 4.79 Å². The number of hydrogen-bond donors (Lipinski definition) is 1. The summed E-state index contributed by atoms with van der Waals surface area (Å²) in [7, 11) is 2.00. The van der Waals surface area contributed by atoms with Gasteiger partial charge in [-0.1, -0.05) is 6.08 Å². The van der Waals surface area contributed by atoms with Crippen molar-refractivity contribution in [3.63, 3.8) is 0 Å². The molecule has 0 saturated heterocycles. The van der Waals surface area contributed by atoms with Gasteiger partial charge in [0.15, 0.2) is 0 Å². The van der Waals surface area contributed by atoms with Gasteiger partial charge >= 0.3 is 5.97 Å². The van der Waals surface area contributed by atoms with E-state index >= 15 is 0 Å². The van der Waals surface area contributed by atoms with Crippen LogP contribution in [-0.2, 0) is 4.79 Å². The van der Waals surface area contributed by atoms with E-state index in [1.165, 1.54) is 0 Å². The Morgan fingerprint density at radius 3 is 2.91 bits per heavy atom. The largest absolute Gasteiger partial charge is 0.478 e. The van der Waals surface area contributed by atoms with E-state index < -0.39 is 5.97 Å². The monoisotopic (exact) mass is 155 g/mol. The topological polar surface area (TPSA) is 40.5 Å². The molecule has 3 heteroatoms. The van der Waals surface area contributed by atoms with Crippen LogP contribution in [0.3, 0.4) is 0 Å². The molecular weight excluding hydrogens is 142 g/mol. The molecule has 0 fully saturated rings. The molecule has 0 aromatic carbocycles. The van der Waals surface area contributed by atoms with Crippen molar-refractivity contribution in [1.29, 1.82) is 0 Å². The van der Waals surface area contributed by atoms with Crippen LogP contribution >= 0.6 is 0 Å². The molecule has 0 aromatic rings. The second kappa shape index (κ2) is 3.05. The fourth-order valence-corrected chi connectivity index (χ4v) is 1.18. The first-order valence-electron chi connectivity index (χ1n) is 3.75. The lowest BCUT2D eigenvalue weighted by atomic mass is 10.0. The minimum atomic E-state index is -0.773. The Balaban J connectivity index is 2.71. The molecule has 0 aliphatic carbocycles. The summed E-state index contributed by atoms with van der Waals surface area (Å²) in [6, 6.07) is 0.259. The Bertz CT molecular complexity index is 198. The molecule has 0 bridgehead atoms. The van der Waals surface area contributed by atoms with Crippen molar-refractivity contribution in [2.45, 2.75) is 19.4 Å². The molecule has 1 rings (SSSR count). The van der Waals surface area contributed by atoms with E-state index in [-0.39, 0.29) is 6.04 Å². The summed E-state index contributed by atoms with van der Waals surface area (Å²) < 4.78 is 0. The summed E-state index contributed by atoms with van der Waals surface area (Å²) in [5, 5.41) is 8.66. The maximum Gasteiger partial charge on any atom is 0.331 e. The standard InChI is InChI=1S/C8H13NO2/c1-6-5-7(8(10)11)3-4-9(6)2/h5-6H,3-4H2,1-2H3,(H,10,11). The third-order valence-electron chi connectivity index (χ3n) is 2.15. The van der Waals surface area contributed by atoms with Crippen molar-refractivity contribution in [3.8, 4) is 0 Å². The number of carbonyl (C=O) groups is 1. The first-order chi connectivity index (χ1) is 5.11. The maximum absolute atomic E-state index is 10.5. The lowest BCUT2D eigenvalue weighted by molar-refractivity contribution is -0.133. The van der Waals surface area contributed by atoms with Crippen molar-refractivity contribution < 1.29 is 9.90 Å². The van der Waals surface area contributed by atoms with Crippen LogP contribution in [0.2, 0.25) is 0 Å². The van der Waals surface area contributed by atoms with Crippen LogP contribution < -0.4 is 0 Å². The van der Waals surface area contributed by atoms with E-state index in [1.54, 1.807) is 0 Å². The normalized spacial score (nSPS) is 26.4. The first kappa shape index (κ1) is 8.27. The van der Waals surface area contributed by atoms with Gasteiger partial charge in [0.25, 0.3) is 0 Å². The molecule has 0 amide bonds. The van der Waals surface area contributed by atoms with Crippen LogP contribution in [0.25, 0.3) is 0 Å². The Labute approximate surface area is 66.3 Å². The highest BCUT2D eigenvalue weighted by atomic mass is 16.4. The summed E-state index contributed by atoms with van der Waals surface area (Å²) in [6.07, 6.45) is 2.47. The molecule has 3 nitrogen and oxygen atoms in total.